The third-order valence-electron chi connectivity index (χ3n) is 2.93. The Labute approximate surface area is 101 Å². The molecule has 0 fully saturated rings. The third kappa shape index (κ3) is 3.66. The molecule has 0 amide bonds. The molecule has 0 saturated heterocycles. The third-order valence-corrected chi connectivity index (χ3v) is 2.93. The Kier molecular flexibility index (Phi) is 3.52. The SMILES string of the molecule is Cc1cc(C(C)(C)C)ccc1CC(C)(C)C. The zero-order valence-corrected chi connectivity index (χ0v) is 11.9. The van der Waals surface area contributed by atoms with Crippen LogP contribution in [-0.2, 0) is 11.8 Å². The molecule has 16 heavy (non-hydrogen) atoms. The van der Waals surface area contributed by atoms with E-state index in [1.54, 1.807) is 0 Å². The lowest BCUT2D eigenvalue weighted by Gasteiger charge is -2.23. The number of hydrogen-bond donors (Lipinski definition) is 0. The quantitative estimate of drug-likeness (QED) is 0.630. The second kappa shape index (κ2) is 4.24. The van der Waals surface area contributed by atoms with Crippen LogP contribution in [0.25, 0.3) is 0 Å². The first kappa shape index (κ1) is 13.3. The van der Waals surface area contributed by atoms with Crippen LogP contribution < -0.4 is 0 Å². The van der Waals surface area contributed by atoms with Crippen molar-refractivity contribution in [3.8, 4) is 0 Å². The van der Waals surface area contributed by atoms with Crippen LogP contribution in [0.15, 0.2) is 18.2 Å². The van der Waals surface area contributed by atoms with Crippen LogP contribution in [0.3, 0.4) is 0 Å². The van der Waals surface area contributed by atoms with Crippen molar-refractivity contribution in [3.63, 3.8) is 0 Å². The molecule has 0 spiro atoms. The summed E-state index contributed by atoms with van der Waals surface area (Å²) in [6.07, 6.45) is 1.16. The second-order valence-electron chi connectivity index (χ2n) is 7.13. The monoisotopic (exact) mass is 218 g/mol. The summed E-state index contributed by atoms with van der Waals surface area (Å²) < 4.78 is 0. The average molecular weight is 218 g/mol. The van der Waals surface area contributed by atoms with Crippen molar-refractivity contribution in [2.24, 2.45) is 5.41 Å². The van der Waals surface area contributed by atoms with Gasteiger partial charge in [-0.15, -0.1) is 0 Å². The van der Waals surface area contributed by atoms with Crippen LogP contribution in [0.5, 0.6) is 0 Å². The zero-order valence-electron chi connectivity index (χ0n) is 11.9. The first-order valence-corrected chi connectivity index (χ1v) is 6.20. The Morgan fingerprint density at radius 1 is 0.938 bits per heavy atom. The first-order valence-electron chi connectivity index (χ1n) is 6.20. The number of rotatable bonds is 1. The highest BCUT2D eigenvalue weighted by atomic mass is 14.2. The maximum atomic E-state index is 2.35. The highest BCUT2D eigenvalue weighted by Gasteiger charge is 2.16. The van der Waals surface area contributed by atoms with Crippen LogP contribution >= 0.6 is 0 Å². The standard InChI is InChI=1S/C16H26/c1-12-10-14(16(5,6)7)9-8-13(12)11-15(2,3)4/h8-10H,11H2,1-7H3. The van der Waals surface area contributed by atoms with Gasteiger partial charge in [0, 0.05) is 0 Å². The van der Waals surface area contributed by atoms with Gasteiger partial charge >= 0.3 is 0 Å². The molecule has 0 saturated carbocycles. The van der Waals surface area contributed by atoms with Crippen LogP contribution in [-0.4, -0.2) is 0 Å². The molecular formula is C16H26. The summed E-state index contributed by atoms with van der Waals surface area (Å²) in [5.74, 6) is 0. The summed E-state index contributed by atoms with van der Waals surface area (Å²) in [6.45, 7) is 15.9. The van der Waals surface area contributed by atoms with Crippen molar-refractivity contribution >= 4 is 0 Å². The molecule has 1 rings (SSSR count). The van der Waals surface area contributed by atoms with Gasteiger partial charge < -0.3 is 0 Å². The van der Waals surface area contributed by atoms with Gasteiger partial charge in [-0.1, -0.05) is 59.7 Å². The summed E-state index contributed by atoms with van der Waals surface area (Å²) in [4.78, 5) is 0. The minimum absolute atomic E-state index is 0.255. The Hall–Kier alpha value is -0.780. The molecule has 90 valence electrons. The maximum Gasteiger partial charge on any atom is -0.0132 e. The fourth-order valence-electron chi connectivity index (χ4n) is 1.93. The van der Waals surface area contributed by atoms with Crippen molar-refractivity contribution in [2.45, 2.75) is 60.3 Å². The second-order valence-corrected chi connectivity index (χ2v) is 7.13. The highest BCUT2D eigenvalue weighted by molar-refractivity contribution is 5.34. The van der Waals surface area contributed by atoms with E-state index in [0.717, 1.165) is 6.42 Å². The van der Waals surface area contributed by atoms with Crippen molar-refractivity contribution in [1.29, 1.82) is 0 Å². The molecule has 0 aliphatic carbocycles. The van der Waals surface area contributed by atoms with E-state index in [1.165, 1.54) is 16.7 Å². The van der Waals surface area contributed by atoms with Crippen molar-refractivity contribution < 1.29 is 0 Å². The molecule has 1 aromatic rings. The normalized spacial score (nSPS) is 12.9. The molecule has 0 bridgehead atoms. The van der Waals surface area contributed by atoms with E-state index in [9.17, 15) is 0 Å². The van der Waals surface area contributed by atoms with E-state index in [4.69, 9.17) is 0 Å². The van der Waals surface area contributed by atoms with Gasteiger partial charge in [0.2, 0.25) is 0 Å². The number of hydrogen-bond acceptors (Lipinski definition) is 0. The predicted octanol–water partition coefficient (Wildman–Crippen LogP) is 4.88. The van der Waals surface area contributed by atoms with Crippen LogP contribution in [0.4, 0.5) is 0 Å². The van der Waals surface area contributed by atoms with E-state index >= 15 is 0 Å². The summed E-state index contributed by atoms with van der Waals surface area (Å²) in [5.41, 5.74) is 4.98. The molecule has 0 radical (unpaired) electrons. The van der Waals surface area contributed by atoms with Gasteiger partial charge in [-0.25, -0.2) is 0 Å². The van der Waals surface area contributed by atoms with Crippen molar-refractivity contribution in [2.75, 3.05) is 0 Å². The van der Waals surface area contributed by atoms with Crippen molar-refractivity contribution in [3.05, 3.63) is 34.9 Å². The van der Waals surface area contributed by atoms with Gasteiger partial charge in [-0.3, -0.25) is 0 Å². The Morgan fingerprint density at radius 3 is 1.88 bits per heavy atom. The van der Waals surface area contributed by atoms with E-state index in [0.29, 0.717) is 5.41 Å². The van der Waals surface area contributed by atoms with Gasteiger partial charge in [0.1, 0.15) is 0 Å². The Balaban J connectivity index is 3.01. The molecular weight excluding hydrogens is 192 g/mol. The molecule has 0 nitrogen and oxygen atoms in total. The summed E-state index contributed by atoms with van der Waals surface area (Å²) >= 11 is 0. The van der Waals surface area contributed by atoms with Gasteiger partial charge in [0.05, 0.1) is 0 Å². The first-order chi connectivity index (χ1) is 7.09. The van der Waals surface area contributed by atoms with E-state index in [1.807, 2.05) is 0 Å². The smallest absolute Gasteiger partial charge is 0.0132 e. The zero-order chi connectivity index (χ0) is 12.6. The Morgan fingerprint density at radius 2 is 1.50 bits per heavy atom. The molecule has 0 aliphatic heterocycles. The molecule has 0 heterocycles. The largest absolute Gasteiger partial charge is 0.0599 e. The molecule has 0 atom stereocenters. The molecule has 0 aliphatic rings. The molecule has 1 aromatic carbocycles. The van der Waals surface area contributed by atoms with Gasteiger partial charge in [0.15, 0.2) is 0 Å². The lowest BCUT2D eigenvalue weighted by Crippen LogP contribution is -2.13. The predicted molar refractivity (Wildman–Crippen MR) is 73.0 cm³/mol. The van der Waals surface area contributed by atoms with Crippen LogP contribution in [0.2, 0.25) is 0 Å². The molecule has 0 unspecified atom stereocenters. The van der Waals surface area contributed by atoms with Crippen LogP contribution in [0.1, 0.15) is 58.2 Å². The highest BCUT2D eigenvalue weighted by Crippen LogP contribution is 2.27. The minimum atomic E-state index is 0.255. The van der Waals surface area contributed by atoms with E-state index in [2.05, 4.69) is 66.7 Å². The topological polar surface area (TPSA) is 0 Å². The summed E-state index contributed by atoms with van der Waals surface area (Å²) in [6, 6.07) is 6.94. The van der Waals surface area contributed by atoms with Gasteiger partial charge in [-0.05, 0) is 40.9 Å². The number of benzene rings is 1. The minimum Gasteiger partial charge on any atom is -0.0599 e. The Bertz CT molecular complexity index is 359. The van der Waals surface area contributed by atoms with E-state index < -0.39 is 0 Å². The summed E-state index contributed by atoms with van der Waals surface area (Å²) in [5, 5.41) is 0. The van der Waals surface area contributed by atoms with Crippen molar-refractivity contribution in [1.82, 2.24) is 0 Å². The molecule has 0 N–H and O–H groups in total. The summed E-state index contributed by atoms with van der Waals surface area (Å²) in [7, 11) is 0. The van der Waals surface area contributed by atoms with Crippen LogP contribution in [0, 0.1) is 12.3 Å². The van der Waals surface area contributed by atoms with Gasteiger partial charge in [-0.2, -0.15) is 0 Å². The van der Waals surface area contributed by atoms with Gasteiger partial charge in [0.25, 0.3) is 0 Å². The fourth-order valence-corrected chi connectivity index (χ4v) is 1.93. The molecule has 0 heteroatoms. The lowest BCUT2D eigenvalue weighted by molar-refractivity contribution is 0.410. The average Bonchev–Trinajstić information content (AvgIpc) is 2.04. The van der Waals surface area contributed by atoms with E-state index in [-0.39, 0.29) is 5.41 Å². The number of aryl methyl sites for hydroxylation is 1. The lowest BCUT2D eigenvalue weighted by atomic mass is 9.82. The fraction of sp³-hybridized carbons (Fsp3) is 0.625. The maximum absolute atomic E-state index is 2.35. The molecule has 0 aromatic heterocycles.